The molecule has 0 bridgehead atoms. The van der Waals surface area contributed by atoms with E-state index in [4.69, 9.17) is 18.9 Å². The standard InChI is InChI=1S/C22H26N2O6S/c1-13-7-8-15-18(25)20(22(26)24(2)21(15)23-13)31(6)10-9-30-14-11-16(27-3)19(29-5)17(12-14)28-4/h7-8,11-12H,9-10H2,1-6H3/p+1. The third-order valence-corrected chi connectivity index (χ3v) is 6.79. The molecule has 3 aromatic rings. The maximum atomic E-state index is 12.9. The molecule has 0 aliphatic rings. The Balaban J connectivity index is 1.82. The Morgan fingerprint density at radius 2 is 1.74 bits per heavy atom. The summed E-state index contributed by atoms with van der Waals surface area (Å²) in [6, 6.07) is 7.04. The summed E-state index contributed by atoms with van der Waals surface area (Å²) in [6.07, 6.45) is 1.92. The van der Waals surface area contributed by atoms with Gasteiger partial charge in [0, 0.05) is 35.8 Å². The monoisotopic (exact) mass is 447 g/mol. The molecule has 1 unspecified atom stereocenters. The fraction of sp³-hybridized carbons (Fsp3) is 0.364. The van der Waals surface area contributed by atoms with E-state index in [1.54, 1.807) is 39.5 Å². The Kier molecular flexibility index (Phi) is 6.84. The predicted molar refractivity (Wildman–Crippen MR) is 121 cm³/mol. The number of benzene rings is 1. The van der Waals surface area contributed by atoms with Crippen LogP contribution in [0.5, 0.6) is 28.7 Å². The molecule has 31 heavy (non-hydrogen) atoms. The second-order valence-corrected chi connectivity index (χ2v) is 9.01. The molecule has 0 radical (unpaired) electrons. The molecule has 0 spiro atoms. The van der Waals surface area contributed by atoms with Crippen molar-refractivity contribution in [3.05, 3.63) is 40.3 Å². The van der Waals surface area contributed by atoms with Gasteiger partial charge in [-0.15, -0.1) is 0 Å². The zero-order chi connectivity index (χ0) is 22.7. The first-order chi connectivity index (χ1) is 14.8. The van der Waals surface area contributed by atoms with E-state index in [9.17, 15) is 9.90 Å². The number of ether oxygens (including phenoxy) is 4. The highest BCUT2D eigenvalue weighted by molar-refractivity contribution is 7.96. The number of aryl methyl sites for hydroxylation is 2. The predicted octanol–water partition coefficient (Wildman–Crippen LogP) is 2.66. The molecule has 0 fully saturated rings. The molecule has 9 heteroatoms. The number of hydrogen-bond donors (Lipinski definition) is 1. The van der Waals surface area contributed by atoms with Gasteiger partial charge in [-0.25, -0.2) is 4.98 Å². The van der Waals surface area contributed by atoms with Gasteiger partial charge in [-0.05, 0) is 19.1 Å². The third-order valence-electron chi connectivity index (χ3n) is 4.95. The second-order valence-electron chi connectivity index (χ2n) is 6.92. The van der Waals surface area contributed by atoms with E-state index in [-0.39, 0.29) is 11.3 Å². The average Bonchev–Trinajstić information content (AvgIpc) is 2.76. The van der Waals surface area contributed by atoms with Gasteiger partial charge in [0.1, 0.15) is 30.0 Å². The molecule has 0 aliphatic carbocycles. The summed E-state index contributed by atoms with van der Waals surface area (Å²) < 4.78 is 23.4. The number of pyridine rings is 2. The number of rotatable bonds is 8. The van der Waals surface area contributed by atoms with E-state index in [0.29, 0.717) is 51.3 Å². The van der Waals surface area contributed by atoms with Gasteiger partial charge in [-0.3, -0.25) is 9.36 Å². The van der Waals surface area contributed by atoms with Crippen LogP contribution in [0, 0.1) is 6.92 Å². The summed E-state index contributed by atoms with van der Waals surface area (Å²) in [5, 5.41) is 11.4. The van der Waals surface area contributed by atoms with Crippen LogP contribution in [0.4, 0.5) is 0 Å². The molecule has 1 N–H and O–H groups in total. The molecule has 3 rings (SSSR count). The van der Waals surface area contributed by atoms with Gasteiger partial charge in [0.15, 0.2) is 17.2 Å². The Hall–Kier alpha value is -3.07. The van der Waals surface area contributed by atoms with Crippen molar-refractivity contribution >= 4 is 21.9 Å². The highest BCUT2D eigenvalue weighted by Crippen LogP contribution is 2.40. The molecule has 2 heterocycles. The number of nitrogens with zero attached hydrogens (tertiary/aromatic N) is 2. The lowest BCUT2D eigenvalue weighted by atomic mass is 10.2. The maximum absolute atomic E-state index is 12.9. The van der Waals surface area contributed by atoms with Crippen molar-refractivity contribution in [3.63, 3.8) is 0 Å². The fourth-order valence-corrected chi connectivity index (χ4v) is 4.71. The van der Waals surface area contributed by atoms with Gasteiger partial charge in [0.25, 0.3) is 4.90 Å². The number of methoxy groups -OCH3 is 3. The molecule has 0 saturated heterocycles. The molecule has 1 atom stereocenters. The Morgan fingerprint density at radius 1 is 1.10 bits per heavy atom. The summed E-state index contributed by atoms with van der Waals surface area (Å²) in [5.41, 5.74) is 1.00. The lowest BCUT2D eigenvalue weighted by Gasteiger charge is -2.15. The average molecular weight is 448 g/mol. The normalized spacial score (nSPS) is 11.9. The van der Waals surface area contributed by atoms with E-state index in [1.807, 2.05) is 19.2 Å². The minimum Gasteiger partial charge on any atom is -0.503 e. The first-order valence-electron chi connectivity index (χ1n) is 9.57. The molecular weight excluding hydrogens is 420 g/mol. The SMILES string of the molecule is COc1cc(OCC[S+](C)c2c(O)c3ccc(C)nc3n(C)c2=O)cc(OC)c1OC. The quantitative estimate of drug-likeness (QED) is 0.531. The van der Waals surface area contributed by atoms with Crippen molar-refractivity contribution in [2.75, 3.05) is 39.9 Å². The maximum Gasteiger partial charge on any atom is 0.311 e. The topological polar surface area (TPSA) is 92.0 Å². The molecule has 0 aliphatic heterocycles. The van der Waals surface area contributed by atoms with Crippen LogP contribution in [0.3, 0.4) is 0 Å². The minimum atomic E-state index is -0.545. The molecule has 0 saturated carbocycles. The number of fused-ring (bicyclic) bond motifs is 1. The van der Waals surface area contributed by atoms with Crippen molar-refractivity contribution < 1.29 is 24.1 Å². The van der Waals surface area contributed by atoms with Crippen LogP contribution in [0.2, 0.25) is 0 Å². The first kappa shape index (κ1) is 22.6. The van der Waals surface area contributed by atoms with Crippen molar-refractivity contribution in [3.8, 4) is 28.7 Å². The summed E-state index contributed by atoms with van der Waals surface area (Å²) in [4.78, 5) is 17.7. The largest absolute Gasteiger partial charge is 0.503 e. The van der Waals surface area contributed by atoms with E-state index < -0.39 is 10.9 Å². The van der Waals surface area contributed by atoms with Crippen LogP contribution in [-0.2, 0) is 17.9 Å². The Labute approximate surface area is 183 Å². The number of aromatic nitrogens is 2. The Bertz CT molecular complexity index is 1140. The van der Waals surface area contributed by atoms with E-state index in [0.717, 1.165) is 5.69 Å². The molecule has 0 amide bonds. The molecule has 1 aromatic carbocycles. The lowest BCUT2D eigenvalue weighted by molar-refractivity contribution is 0.309. The summed E-state index contributed by atoms with van der Waals surface area (Å²) in [6.45, 7) is 2.19. The highest BCUT2D eigenvalue weighted by atomic mass is 32.2. The molecule has 8 nitrogen and oxygen atoms in total. The van der Waals surface area contributed by atoms with Crippen LogP contribution in [-0.4, -0.2) is 54.6 Å². The molecular formula is C22H27N2O6S+. The summed E-state index contributed by atoms with van der Waals surface area (Å²) in [7, 11) is 5.75. The van der Waals surface area contributed by atoms with Gasteiger partial charge in [0.05, 0.1) is 26.7 Å². The zero-order valence-electron chi connectivity index (χ0n) is 18.5. The Morgan fingerprint density at radius 3 is 2.32 bits per heavy atom. The second kappa shape index (κ2) is 9.38. The van der Waals surface area contributed by atoms with Crippen LogP contribution in [0.1, 0.15) is 5.69 Å². The van der Waals surface area contributed by atoms with Crippen molar-refractivity contribution in [2.45, 2.75) is 11.8 Å². The van der Waals surface area contributed by atoms with E-state index in [1.165, 1.54) is 11.7 Å². The van der Waals surface area contributed by atoms with Crippen molar-refractivity contribution in [1.82, 2.24) is 9.55 Å². The van der Waals surface area contributed by atoms with Crippen LogP contribution in [0.15, 0.2) is 34.0 Å². The van der Waals surface area contributed by atoms with Gasteiger partial charge in [0.2, 0.25) is 5.75 Å². The van der Waals surface area contributed by atoms with Gasteiger partial charge in [-0.2, -0.15) is 0 Å². The number of aromatic hydroxyl groups is 1. The van der Waals surface area contributed by atoms with E-state index in [2.05, 4.69) is 4.98 Å². The van der Waals surface area contributed by atoms with Gasteiger partial charge in [-0.1, -0.05) is 0 Å². The number of hydrogen-bond acceptors (Lipinski definition) is 7. The van der Waals surface area contributed by atoms with E-state index >= 15 is 0 Å². The zero-order valence-corrected chi connectivity index (χ0v) is 19.3. The molecule has 2 aromatic heterocycles. The minimum absolute atomic E-state index is 0.00998. The summed E-state index contributed by atoms with van der Waals surface area (Å²) >= 11 is 0. The van der Waals surface area contributed by atoms with Crippen LogP contribution >= 0.6 is 0 Å². The fourth-order valence-electron chi connectivity index (χ4n) is 3.30. The van der Waals surface area contributed by atoms with Crippen molar-refractivity contribution in [1.29, 1.82) is 0 Å². The lowest BCUT2D eigenvalue weighted by Crippen LogP contribution is -2.27. The molecule has 166 valence electrons. The van der Waals surface area contributed by atoms with Crippen LogP contribution < -0.4 is 24.5 Å². The van der Waals surface area contributed by atoms with Gasteiger partial charge < -0.3 is 24.1 Å². The smallest absolute Gasteiger partial charge is 0.311 e. The first-order valence-corrected chi connectivity index (χ1v) is 11.4. The highest BCUT2D eigenvalue weighted by Gasteiger charge is 2.29. The van der Waals surface area contributed by atoms with Crippen LogP contribution in [0.25, 0.3) is 11.0 Å². The van der Waals surface area contributed by atoms with Crippen molar-refractivity contribution in [2.24, 2.45) is 7.05 Å². The van der Waals surface area contributed by atoms with Gasteiger partial charge >= 0.3 is 5.56 Å². The third kappa shape index (κ3) is 4.36. The summed E-state index contributed by atoms with van der Waals surface area (Å²) in [5.74, 6) is 2.57.